The molecule has 0 bridgehead atoms. The number of carbonyl (C=O) groups excluding carboxylic acids is 2. The second-order valence-corrected chi connectivity index (χ2v) is 4.66. The summed E-state index contributed by atoms with van der Waals surface area (Å²) in [6.07, 6.45) is 1.31. The summed E-state index contributed by atoms with van der Waals surface area (Å²) >= 11 is 0. The molecule has 0 saturated carbocycles. The normalized spacial score (nSPS) is 14.5. The molecule has 3 rings (SSSR count). The second kappa shape index (κ2) is 5.72. The summed E-state index contributed by atoms with van der Waals surface area (Å²) in [6, 6.07) is 8.63. The minimum atomic E-state index is -0.589. The molecule has 0 radical (unpaired) electrons. The van der Waals surface area contributed by atoms with E-state index in [1.54, 1.807) is 24.3 Å². The number of non-ortho nitro benzene ring substituents is 1. The van der Waals surface area contributed by atoms with Crippen LogP contribution in [0.15, 0.2) is 45.9 Å². The van der Waals surface area contributed by atoms with E-state index < -0.39 is 16.9 Å². The highest BCUT2D eigenvalue weighted by Gasteiger charge is 2.26. The van der Waals surface area contributed by atoms with Gasteiger partial charge in [0.05, 0.1) is 11.1 Å². The topological polar surface area (TPSA) is 118 Å². The molecule has 2 aromatic rings. The molecular formula is C14H10N4O5. The lowest BCUT2D eigenvalue weighted by molar-refractivity contribution is -0.384. The SMILES string of the molecule is O=[13C]1[13CH2]N(/N=C\c2ccc(-c3ccc([N+](=O)[O-])cc3)o2)[13C](=O)N1. The van der Waals surface area contributed by atoms with Crippen LogP contribution in [0, 0.1) is 10.1 Å². The number of nitrogens with one attached hydrogen (secondary N) is 1. The van der Waals surface area contributed by atoms with Gasteiger partial charge in [-0.2, -0.15) is 5.10 Å². The zero-order valence-electron chi connectivity index (χ0n) is 11.6. The number of hydrogen-bond acceptors (Lipinski definition) is 6. The van der Waals surface area contributed by atoms with Crippen LogP contribution in [-0.4, -0.2) is 34.6 Å². The molecule has 1 aromatic carbocycles. The quantitative estimate of drug-likeness (QED) is 0.303. The van der Waals surface area contributed by atoms with E-state index in [-0.39, 0.29) is 12.2 Å². The van der Waals surface area contributed by atoms with Crippen LogP contribution in [0.5, 0.6) is 0 Å². The van der Waals surface area contributed by atoms with Crippen molar-refractivity contribution in [2.24, 2.45) is 5.10 Å². The maximum Gasteiger partial charge on any atom is 0.344 e. The van der Waals surface area contributed by atoms with E-state index in [2.05, 4.69) is 10.4 Å². The fourth-order valence-electron chi connectivity index (χ4n) is 1.98. The average Bonchev–Trinajstić information content (AvgIpc) is 3.11. The number of benzene rings is 1. The summed E-state index contributed by atoms with van der Waals surface area (Å²) in [5, 5.41) is 17.6. The molecular weight excluding hydrogens is 307 g/mol. The van der Waals surface area contributed by atoms with Gasteiger partial charge in [0.1, 0.15) is 18.1 Å². The van der Waals surface area contributed by atoms with Crippen molar-refractivity contribution in [3.8, 4) is 11.3 Å². The molecule has 116 valence electrons. The lowest BCUT2D eigenvalue weighted by atomic mass is 10.1. The fourth-order valence-corrected chi connectivity index (χ4v) is 1.98. The predicted molar refractivity (Wildman–Crippen MR) is 78.6 cm³/mol. The van der Waals surface area contributed by atoms with Crippen molar-refractivity contribution < 1.29 is 18.9 Å². The minimum Gasteiger partial charge on any atom is -0.455 e. The van der Waals surface area contributed by atoms with E-state index in [0.717, 1.165) is 5.01 Å². The lowest BCUT2D eigenvalue weighted by Gasteiger charge is -2.02. The highest BCUT2D eigenvalue weighted by Crippen LogP contribution is 2.24. The zero-order valence-corrected chi connectivity index (χ0v) is 11.6. The summed E-state index contributed by atoms with van der Waals surface area (Å²) < 4.78 is 5.53. The van der Waals surface area contributed by atoms with Gasteiger partial charge in [0.15, 0.2) is 0 Å². The van der Waals surface area contributed by atoms with Gasteiger partial charge in [0, 0.05) is 17.7 Å². The van der Waals surface area contributed by atoms with E-state index in [1.165, 1.54) is 18.3 Å². The molecule has 0 unspecified atom stereocenters. The number of hydrogen-bond donors (Lipinski definition) is 1. The van der Waals surface area contributed by atoms with Crippen LogP contribution in [0.3, 0.4) is 0 Å². The summed E-state index contributed by atoms with van der Waals surface area (Å²) in [5.74, 6) is 0.465. The van der Waals surface area contributed by atoms with Crippen molar-refractivity contribution in [2.75, 3.05) is 6.54 Å². The molecule has 1 aliphatic rings. The van der Waals surface area contributed by atoms with E-state index >= 15 is 0 Å². The number of imide groups is 1. The standard InChI is InChI=1S/C14H10N4O5/c19-13-8-17(14(20)16-13)15-7-11-5-6-12(23-11)9-1-3-10(4-2-9)18(21)22/h1-7H,8H2,(H,16,19,20)/b15-7-/i8+1,13+1,14+1. The Balaban J connectivity index is 1.74. The predicted octanol–water partition coefficient (Wildman–Crippen LogP) is 1.74. The van der Waals surface area contributed by atoms with Gasteiger partial charge in [-0.05, 0) is 24.3 Å². The molecule has 1 N–H and O–H groups in total. The first-order valence-corrected chi connectivity index (χ1v) is 6.53. The number of rotatable bonds is 4. The third kappa shape index (κ3) is 3.07. The molecule has 0 aliphatic carbocycles. The van der Waals surface area contributed by atoms with Gasteiger partial charge in [-0.1, -0.05) is 0 Å². The Hall–Kier alpha value is -3.49. The summed E-state index contributed by atoms with van der Waals surface area (Å²) in [4.78, 5) is 32.5. The number of nitro benzene ring substituents is 1. The molecule has 1 aromatic heterocycles. The number of hydrazone groups is 1. The molecule has 9 heteroatoms. The first kappa shape index (κ1) is 14.4. The molecule has 0 spiro atoms. The van der Waals surface area contributed by atoms with Crippen molar-refractivity contribution in [2.45, 2.75) is 0 Å². The van der Waals surface area contributed by atoms with Crippen molar-refractivity contribution in [3.63, 3.8) is 0 Å². The number of urea groups is 1. The smallest absolute Gasteiger partial charge is 0.344 e. The van der Waals surface area contributed by atoms with Crippen LogP contribution in [0.4, 0.5) is 10.5 Å². The van der Waals surface area contributed by atoms with E-state index in [4.69, 9.17) is 4.42 Å². The number of furan rings is 1. The van der Waals surface area contributed by atoms with Crippen LogP contribution in [0.2, 0.25) is 0 Å². The Labute approximate surface area is 129 Å². The molecule has 1 aliphatic heterocycles. The van der Waals surface area contributed by atoms with Crippen LogP contribution in [0.1, 0.15) is 5.76 Å². The lowest BCUT2D eigenvalue weighted by Crippen LogP contribution is -2.24. The van der Waals surface area contributed by atoms with E-state index in [1.807, 2.05) is 0 Å². The highest BCUT2D eigenvalue weighted by atomic mass is 16.6. The Morgan fingerprint density at radius 2 is 1.96 bits per heavy atom. The van der Waals surface area contributed by atoms with Crippen LogP contribution in [-0.2, 0) is 4.79 Å². The Kier molecular flexibility index (Phi) is 3.59. The molecule has 1 saturated heterocycles. The molecule has 3 amide bonds. The number of nitro groups is 1. The average molecular weight is 317 g/mol. The largest absolute Gasteiger partial charge is 0.455 e. The van der Waals surface area contributed by atoms with Gasteiger partial charge >= 0.3 is 6.03 Å². The molecule has 0 atom stereocenters. The van der Waals surface area contributed by atoms with Crippen molar-refractivity contribution >= 4 is 23.8 Å². The van der Waals surface area contributed by atoms with Gasteiger partial charge in [-0.15, -0.1) is 0 Å². The second-order valence-electron chi connectivity index (χ2n) is 4.66. The Bertz CT molecular complexity index is 809. The first-order valence-electron chi connectivity index (χ1n) is 6.53. The Morgan fingerprint density at radius 1 is 1.22 bits per heavy atom. The summed E-state index contributed by atoms with van der Waals surface area (Å²) in [6.45, 7) is -0.134. The number of amides is 3. The number of carbonyl (C=O) groups is 2. The van der Waals surface area contributed by atoms with Crippen LogP contribution < -0.4 is 5.32 Å². The highest BCUT2D eigenvalue weighted by molar-refractivity contribution is 6.02. The van der Waals surface area contributed by atoms with Gasteiger partial charge in [-0.25, -0.2) is 9.80 Å². The van der Waals surface area contributed by atoms with Crippen LogP contribution >= 0.6 is 0 Å². The maximum absolute atomic E-state index is 11.3. The first-order chi connectivity index (χ1) is 11.0. The summed E-state index contributed by atoms with van der Waals surface area (Å²) in [7, 11) is 0. The maximum atomic E-state index is 11.3. The zero-order chi connectivity index (χ0) is 16.4. The van der Waals surface area contributed by atoms with Crippen LogP contribution in [0.25, 0.3) is 11.3 Å². The molecule has 2 heterocycles. The molecule has 9 nitrogen and oxygen atoms in total. The van der Waals surface area contributed by atoms with Crippen molar-refractivity contribution in [1.29, 1.82) is 0 Å². The van der Waals surface area contributed by atoms with Gasteiger partial charge in [0.2, 0.25) is 5.91 Å². The molecule has 1 fully saturated rings. The van der Waals surface area contributed by atoms with E-state index in [0.29, 0.717) is 17.1 Å². The third-order valence-electron chi connectivity index (χ3n) is 3.09. The Morgan fingerprint density at radius 3 is 2.57 bits per heavy atom. The molecule has 23 heavy (non-hydrogen) atoms. The number of nitrogens with zero attached hydrogens (tertiary/aromatic N) is 3. The van der Waals surface area contributed by atoms with Gasteiger partial charge in [-0.3, -0.25) is 20.2 Å². The van der Waals surface area contributed by atoms with Crippen molar-refractivity contribution in [3.05, 3.63) is 52.3 Å². The monoisotopic (exact) mass is 317 g/mol. The third-order valence-corrected chi connectivity index (χ3v) is 3.09. The summed E-state index contributed by atoms with van der Waals surface area (Å²) in [5.41, 5.74) is 0.663. The van der Waals surface area contributed by atoms with Gasteiger partial charge in [0.25, 0.3) is 5.69 Å². The minimum absolute atomic E-state index is 0.00759. The fraction of sp³-hybridized carbons (Fsp3) is 0.0714. The van der Waals surface area contributed by atoms with Gasteiger partial charge < -0.3 is 4.42 Å². The van der Waals surface area contributed by atoms with Crippen molar-refractivity contribution in [1.82, 2.24) is 10.3 Å². The van der Waals surface area contributed by atoms with E-state index in [9.17, 15) is 19.7 Å².